The molecule has 1 saturated heterocycles. The Balaban J connectivity index is 1.58. The lowest BCUT2D eigenvalue weighted by atomic mass is 10.1. The number of thiazole rings is 1. The van der Waals surface area contributed by atoms with Gasteiger partial charge in [-0.25, -0.2) is 13.8 Å². The highest BCUT2D eigenvalue weighted by Crippen LogP contribution is 2.27. The van der Waals surface area contributed by atoms with Gasteiger partial charge in [-0.2, -0.15) is 0 Å². The second-order valence-corrected chi connectivity index (χ2v) is 9.02. The summed E-state index contributed by atoms with van der Waals surface area (Å²) in [5, 5.41) is 1.74. The van der Waals surface area contributed by atoms with E-state index in [9.17, 15) is 18.4 Å². The van der Waals surface area contributed by atoms with Crippen molar-refractivity contribution in [2.24, 2.45) is 5.73 Å². The molecule has 2 N–H and O–H groups in total. The van der Waals surface area contributed by atoms with Crippen LogP contribution in [0.5, 0.6) is 0 Å². The monoisotopic (exact) mass is 456 g/mol. The Morgan fingerprint density at radius 2 is 2.20 bits per heavy atom. The first kappa shape index (κ1) is 22.6. The third-order valence-electron chi connectivity index (χ3n) is 4.41. The number of carbonyl (C=O) groups is 2. The molecule has 1 atom stereocenters. The van der Waals surface area contributed by atoms with Crippen LogP contribution in [0.4, 0.5) is 8.78 Å². The number of benzene rings is 1. The van der Waals surface area contributed by atoms with E-state index in [4.69, 9.17) is 10.5 Å². The molecule has 2 amide bonds. The van der Waals surface area contributed by atoms with Crippen LogP contribution >= 0.6 is 23.3 Å². The number of hydrogen-bond acceptors (Lipinski definition) is 7. The van der Waals surface area contributed by atoms with Gasteiger partial charge in [-0.3, -0.25) is 18.8 Å². The number of morpholine rings is 1. The van der Waals surface area contributed by atoms with E-state index in [2.05, 4.69) is 9.88 Å². The molecule has 11 heteroatoms. The lowest BCUT2D eigenvalue weighted by Crippen LogP contribution is -2.46. The zero-order valence-electron chi connectivity index (χ0n) is 16.3. The van der Waals surface area contributed by atoms with Crippen LogP contribution in [0, 0.1) is 11.6 Å². The standard InChI is InChI=1S/C19H22F2N4O3S2/c1-12(26)25(30-19-23-14(11-29-19)7-18(22)27)10-15-9-24(4-5-28-15)8-13-2-3-16(20)17(21)6-13/h2-3,6,11,15H,4-5,7-10H2,1H3,(H2,22,27)/t15-/m0/s1. The van der Waals surface area contributed by atoms with Crippen molar-refractivity contribution in [3.8, 4) is 0 Å². The number of nitrogens with zero attached hydrogens (tertiary/aromatic N) is 3. The van der Waals surface area contributed by atoms with Gasteiger partial charge in [0.05, 0.1) is 31.4 Å². The van der Waals surface area contributed by atoms with Crippen LogP contribution in [0.1, 0.15) is 18.2 Å². The van der Waals surface area contributed by atoms with Gasteiger partial charge >= 0.3 is 0 Å². The van der Waals surface area contributed by atoms with Gasteiger partial charge in [-0.05, 0) is 17.7 Å². The van der Waals surface area contributed by atoms with Crippen molar-refractivity contribution in [3.63, 3.8) is 0 Å². The van der Waals surface area contributed by atoms with Crippen molar-refractivity contribution < 1.29 is 23.1 Å². The van der Waals surface area contributed by atoms with Crippen LogP contribution < -0.4 is 5.73 Å². The maximum atomic E-state index is 13.5. The lowest BCUT2D eigenvalue weighted by Gasteiger charge is -2.35. The first-order chi connectivity index (χ1) is 14.3. The Kier molecular flexibility index (Phi) is 7.75. The smallest absolute Gasteiger partial charge is 0.229 e. The molecule has 0 saturated carbocycles. The van der Waals surface area contributed by atoms with Gasteiger partial charge in [0.25, 0.3) is 0 Å². The third kappa shape index (κ3) is 6.46. The number of halogens is 2. The molecule has 1 aromatic carbocycles. The normalized spacial score (nSPS) is 17.1. The Hall–Kier alpha value is -2.08. The summed E-state index contributed by atoms with van der Waals surface area (Å²) in [6, 6.07) is 3.88. The molecular formula is C19H22F2N4O3S2. The highest BCUT2D eigenvalue weighted by atomic mass is 32.2. The van der Waals surface area contributed by atoms with Crippen molar-refractivity contribution in [2.45, 2.75) is 30.3 Å². The van der Waals surface area contributed by atoms with Crippen LogP contribution in [0.3, 0.4) is 0 Å². The van der Waals surface area contributed by atoms with Crippen LogP contribution in [0.2, 0.25) is 0 Å². The van der Waals surface area contributed by atoms with Gasteiger partial charge in [0.1, 0.15) is 0 Å². The summed E-state index contributed by atoms with van der Waals surface area (Å²) in [6.45, 7) is 3.96. The van der Waals surface area contributed by atoms with E-state index in [1.807, 2.05) is 0 Å². The zero-order chi connectivity index (χ0) is 21.7. The molecule has 2 aromatic rings. The molecule has 0 spiro atoms. The largest absolute Gasteiger partial charge is 0.374 e. The van der Waals surface area contributed by atoms with Crippen molar-refractivity contribution in [3.05, 3.63) is 46.5 Å². The molecule has 0 aliphatic carbocycles. The van der Waals surface area contributed by atoms with E-state index in [-0.39, 0.29) is 18.4 Å². The van der Waals surface area contributed by atoms with Gasteiger partial charge < -0.3 is 10.5 Å². The molecule has 1 aliphatic heterocycles. The lowest BCUT2D eigenvalue weighted by molar-refractivity contribution is -0.126. The molecule has 2 heterocycles. The first-order valence-electron chi connectivity index (χ1n) is 9.27. The fourth-order valence-electron chi connectivity index (χ4n) is 3.03. The van der Waals surface area contributed by atoms with Gasteiger partial charge in [-0.1, -0.05) is 6.07 Å². The molecule has 30 heavy (non-hydrogen) atoms. The molecule has 3 rings (SSSR count). The maximum absolute atomic E-state index is 13.5. The van der Waals surface area contributed by atoms with E-state index in [0.717, 1.165) is 6.07 Å². The average Bonchev–Trinajstić information content (AvgIpc) is 3.10. The van der Waals surface area contributed by atoms with Crippen molar-refractivity contribution in [1.82, 2.24) is 14.2 Å². The molecule has 1 fully saturated rings. The quantitative estimate of drug-likeness (QED) is 0.613. The van der Waals surface area contributed by atoms with Gasteiger partial charge in [0, 0.05) is 43.9 Å². The zero-order valence-corrected chi connectivity index (χ0v) is 18.0. The van der Waals surface area contributed by atoms with Crippen molar-refractivity contribution in [1.29, 1.82) is 0 Å². The highest BCUT2D eigenvalue weighted by Gasteiger charge is 2.25. The number of rotatable bonds is 8. The third-order valence-corrected chi connectivity index (χ3v) is 6.48. The van der Waals surface area contributed by atoms with E-state index >= 15 is 0 Å². The number of amides is 2. The maximum Gasteiger partial charge on any atom is 0.229 e. The fraction of sp³-hybridized carbons (Fsp3) is 0.421. The summed E-state index contributed by atoms with van der Waals surface area (Å²) in [7, 11) is 0. The van der Waals surface area contributed by atoms with Gasteiger partial charge in [0.15, 0.2) is 16.0 Å². The Bertz CT molecular complexity index is 912. The molecule has 1 aliphatic rings. The van der Waals surface area contributed by atoms with E-state index < -0.39 is 17.5 Å². The molecule has 7 nitrogen and oxygen atoms in total. The summed E-state index contributed by atoms with van der Waals surface area (Å²) >= 11 is 2.53. The Morgan fingerprint density at radius 1 is 1.40 bits per heavy atom. The molecule has 0 radical (unpaired) electrons. The molecule has 1 aromatic heterocycles. The van der Waals surface area contributed by atoms with Crippen LogP contribution in [-0.2, 0) is 27.3 Å². The topological polar surface area (TPSA) is 88.8 Å². The van der Waals surface area contributed by atoms with Gasteiger partial charge in [-0.15, -0.1) is 11.3 Å². The SMILES string of the molecule is CC(=O)N(C[C@@H]1CN(Cc2ccc(F)c(F)c2)CCO1)Sc1nc(CC(N)=O)cs1. The minimum atomic E-state index is -0.867. The molecule has 0 bridgehead atoms. The van der Waals surface area contributed by atoms with E-state index in [1.54, 1.807) is 15.8 Å². The molecular weight excluding hydrogens is 434 g/mol. The van der Waals surface area contributed by atoms with E-state index in [1.165, 1.54) is 36.3 Å². The number of carbonyl (C=O) groups excluding carboxylic acids is 2. The fourth-order valence-corrected chi connectivity index (χ4v) is 4.88. The Labute approximate surface area is 181 Å². The van der Waals surface area contributed by atoms with E-state index in [0.29, 0.717) is 48.4 Å². The van der Waals surface area contributed by atoms with Crippen LogP contribution in [-0.4, -0.2) is 58.3 Å². The number of hydrogen-bond donors (Lipinski definition) is 1. The van der Waals surface area contributed by atoms with Gasteiger partial charge in [0.2, 0.25) is 11.8 Å². The predicted octanol–water partition coefficient (Wildman–Crippen LogP) is 2.21. The van der Waals surface area contributed by atoms with Crippen molar-refractivity contribution >= 4 is 35.1 Å². The minimum Gasteiger partial charge on any atom is -0.374 e. The summed E-state index contributed by atoms with van der Waals surface area (Å²) in [4.78, 5) is 29.5. The van der Waals surface area contributed by atoms with Crippen LogP contribution in [0.25, 0.3) is 0 Å². The summed E-state index contributed by atoms with van der Waals surface area (Å²) in [6.07, 6.45) is -0.174. The highest BCUT2D eigenvalue weighted by molar-refractivity contribution is 7.99. The number of aromatic nitrogens is 1. The number of nitrogens with two attached hydrogens (primary N) is 1. The number of ether oxygens (including phenoxy) is 1. The van der Waals surface area contributed by atoms with Crippen LogP contribution in [0.15, 0.2) is 27.9 Å². The first-order valence-corrected chi connectivity index (χ1v) is 10.9. The molecule has 162 valence electrons. The predicted molar refractivity (Wildman–Crippen MR) is 110 cm³/mol. The minimum absolute atomic E-state index is 0.0573. The molecule has 0 unspecified atom stereocenters. The number of primary amides is 1. The second kappa shape index (κ2) is 10.3. The summed E-state index contributed by atoms with van der Waals surface area (Å²) in [5.41, 5.74) is 6.44. The Morgan fingerprint density at radius 3 is 2.90 bits per heavy atom. The second-order valence-electron chi connectivity index (χ2n) is 6.90. The van der Waals surface area contributed by atoms with Crippen molar-refractivity contribution in [2.75, 3.05) is 26.2 Å². The summed E-state index contributed by atoms with van der Waals surface area (Å²) in [5.74, 6) is -2.34. The average molecular weight is 457 g/mol. The summed E-state index contributed by atoms with van der Waals surface area (Å²) < 4.78 is 34.6.